The lowest BCUT2D eigenvalue weighted by molar-refractivity contribution is 0.256. The summed E-state index contributed by atoms with van der Waals surface area (Å²) in [6.45, 7) is 2.68. The molecule has 0 aliphatic rings. The van der Waals surface area contributed by atoms with E-state index in [1.807, 2.05) is 6.07 Å². The zero-order chi connectivity index (χ0) is 17.3. The monoisotopic (exact) mass is 349 g/mol. The first-order valence-electron chi connectivity index (χ1n) is 8.78. The van der Waals surface area contributed by atoms with Crippen LogP contribution in [-0.4, -0.2) is 16.8 Å². The van der Waals surface area contributed by atoms with E-state index in [-0.39, 0.29) is 5.38 Å². The molecule has 0 spiro atoms. The van der Waals surface area contributed by atoms with Gasteiger partial charge in [-0.15, -0.1) is 11.6 Å². The summed E-state index contributed by atoms with van der Waals surface area (Å²) in [5.41, 5.74) is 3.94. The molecule has 1 nitrogen and oxygen atoms in total. The summed E-state index contributed by atoms with van der Waals surface area (Å²) in [5.74, 6) is 0. The van der Waals surface area contributed by atoms with Crippen molar-refractivity contribution in [3.05, 3.63) is 108 Å². The second-order valence-corrected chi connectivity index (χ2v) is 7.05. The van der Waals surface area contributed by atoms with Gasteiger partial charge < -0.3 is 0 Å². The Hall–Kier alpha value is -2.09. The van der Waals surface area contributed by atoms with Gasteiger partial charge in [0.05, 0.1) is 5.38 Å². The van der Waals surface area contributed by atoms with Gasteiger partial charge in [-0.3, -0.25) is 4.90 Å². The summed E-state index contributed by atoms with van der Waals surface area (Å²) < 4.78 is 0. The Bertz CT molecular complexity index is 686. The third-order valence-corrected chi connectivity index (χ3v) is 4.55. The van der Waals surface area contributed by atoms with Crippen molar-refractivity contribution >= 4 is 11.6 Å². The zero-order valence-electron chi connectivity index (χ0n) is 14.4. The van der Waals surface area contributed by atoms with Crippen molar-refractivity contribution in [2.75, 3.05) is 6.54 Å². The van der Waals surface area contributed by atoms with E-state index < -0.39 is 0 Å². The molecule has 0 amide bonds. The zero-order valence-corrected chi connectivity index (χ0v) is 15.1. The van der Waals surface area contributed by atoms with Gasteiger partial charge in [-0.05, 0) is 23.1 Å². The van der Waals surface area contributed by atoms with Crippen LogP contribution < -0.4 is 0 Å². The van der Waals surface area contributed by atoms with Crippen LogP contribution in [0.2, 0.25) is 0 Å². The Kier molecular flexibility index (Phi) is 6.67. The van der Waals surface area contributed by atoms with Crippen LogP contribution >= 0.6 is 11.6 Å². The topological polar surface area (TPSA) is 3.24 Å². The fourth-order valence-electron chi connectivity index (χ4n) is 3.08. The summed E-state index contributed by atoms with van der Waals surface area (Å²) in [5, 5.41) is 0.0924. The first kappa shape index (κ1) is 17.7. The maximum absolute atomic E-state index is 6.70. The highest BCUT2D eigenvalue weighted by atomic mass is 35.5. The van der Waals surface area contributed by atoms with E-state index in [4.69, 9.17) is 11.6 Å². The van der Waals surface area contributed by atoms with Gasteiger partial charge in [0.2, 0.25) is 0 Å². The molecule has 0 aliphatic carbocycles. The highest BCUT2D eigenvalue weighted by Gasteiger charge is 2.14. The molecule has 0 radical (unpaired) electrons. The Morgan fingerprint density at radius 1 is 0.600 bits per heavy atom. The summed E-state index contributed by atoms with van der Waals surface area (Å²) in [4.78, 5) is 2.44. The van der Waals surface area contributed by atoms with E-state index in [1.165, 1.54) is 16.7 Å². The van der Waals surface area contributed by atoms with Crippen molar-refractivity contribution in [2.24, 2.45) is 0 Å². The molecule has 3 aromatic rings. The van der Waals surface area contributed by atoms with Gasteiger partial charge in [0.15, 0.2) is 0 Å². The number of alkyl halides is 1. The molecule has 3 rings (SSSR count). The largest absolute Gasteiger partial charge is 0.293 e. The molecule has 0 saturated heterocycles. The minimum Gasteiger partial charge on any atom is -0.293 e. The van der Waals surface area contributed by atoms with Crippen molar-refractivity contribution in [1.29, 1.82) is 0 Å². The number of hydrogen-bond donors (Lipinski definition) is 0. The molecule has 0 saturated carbocycles. The normalized spacial score (nSPS) is 12.2. The van der Waals surface area contributed by atoms with Crippen molar-refractivity contribution < 1.29 is 0 Å². The summed E-state index contributed by atoms with van der Waals surface area (Å²) >= 11 is 6.70. The van der Waals surface area contributed by atoms with Crippen LogP contribution in [0.15, 0.2) is 91.0 Å². The Morgan fingerprint density at radius 3 is 1.44 bits per heavy atom. The van der Waals surface area contributed by atoms with Gasteiger partial charge in [-0.25, -0.2) is 0 Å². The maximum atomic E-state index is 6.70. The molecular weight excluding hydrogens is 326 g/mol. The molecule has 0 unspecified atom stereocenters. The van der Waals surface area contributed by atoms with Gasteiger partial charge in [-0.1, -0.05) is 91.0 Å². The van der Waals surface area contributed by atoms with E-state index in [9.17, 15) is 0 Å². The number of nitrogens with zero attached hydrogens (tertiary/aromatic N) is 1. The molecule has 0 N–H and O–H groups in total. The molecule has 0 aromatic heterocycles. The Balaban J connectivity index is 1.66. The van der Waals surface area contributed by atoms with Gasteiger partial charge in [0.25, 0.3) is 0 Å². The molecular formula is C23H24ClN. The van der Waals surface area contributed by atoms with Crippen LogP contribution in [0.1, 0.15) is 16.7 Å². The van der Waals surface area contributed by atoms with Crippen LogP contribution in [0.3, 0.4) is 0 Å². The quantitative estimate of drug-likeness (QED) is 0.483. The minimum atomic E-state index is 0.0924. The maximum Gasteiger partial charge on any atom is 0.0503 e. The van der Waals surface area contributed by atoms with E-state index in [0.29, 0.717) is 0 Å². The van der Waals surface area contributed by atoms with Crippen LogP contribution in [0.5, 0.6) is 0 Å². The van der Waals surface area contributed by atoms with E-state index in [0.717, 1.165) is 26.1 Å². The molecule has 128 valence electrons. The molecule has 3 aromatic carbocycles. The lowest BCUT2D eigenvalue weighted by Crippen LogP contribution is -2.30. The SMILES string of the molecule is Cl[C@H](Cc1ccccc1)CN(Cc1ccccc1)Cc1ccccc1. The lowest BCUT2D eigenvalue weighted by atomic mass is 10.1. The third kappa shape index (κ3) is 6.04. The molecule has 0 aliphatic heterocycles. The molecule has 0 heterocycles. The molecule has 0 bridgehead atoms. The summed E-state index contributed by atoms with van der Waals surface area (Å²) in [6.07, 6.45) is 0.891. The molecule has 1 atom stereocenters. The van der Waals surface area contributed by atoms with E-state index >= 15 is 0 Å². The minimum absolute atomic E-state index is 0.0924. The van der Waals surface area contributed by atoms with Crippen LogP contribution in [-0.2, 0) is 19.5 Å². The first-order valence-corrected chi connectivity index (χ1v) is 9.21. The van der Waals surface area contributed by atoms with Gasteiger partial charge in [-0.2, -0.15) is 0 Å². The molecule has 2 heteroatoms. The van der Waals surface area contributed by atoms with Gasteiger partial charge in [0, 0.05) is 19.6 Å². The van der Waals surface area contributed by atoms with Crippen molar-refractivity contribution in [2.45, 2.75) is 24.9 Å². The smallest absolute Gasteiger partial charge is 0.0503 e. The first-order chi connectivity index (χ1) is 12.3. The standard InChI is InChI=1S/C23H24ClN/c24-23(16-20-10-4-1-5-11-20)19-25(17-21-12-6-2-7-13-21)18-22-14-8-3-9-15-22/h1-15,23H,16-19H2/t23-/m1/s1. The Labute approximate surface area is 155 Å². The second-order valence-electron chi connectivity index (χ2n) is 6.43. The highest BCUT2D eigenvalue weighted by molar-refractivity contribution is 6.20. The number of benzene rings is 3. The summed E-state index contributed by atoms with van der Waals surface area (Å²) in [7, 11) is 0. The van der Waals surface area contributed by atoms with Gasteiger partial charge in [0.1, 0.15) is 0 Å². The van der Waals surface area contributed by atoms with Crippen molar-refractivity contribution in [3.8, 4) is 0 Å². The fraction of sp³-hybridized carbons (Fsp3) is 0.217. The van der Waals surface area contributed by atoms with Gasteiger partial charge >= 0.3 is 0 Å². The average Bonchev–Trinajstić information content (AvgIpc) is 2.64. The van der Waals surface area contributed by atoms with Crippen molar-refractivity contribution in [1.82, 2.24) is 4.90 Å². The van der Waals surface area contributed by atoms with Crippen molar-refractivity contribution in [3.63, 3.8) is 0 Å². The molecule has 25 heavy (non-hydrogen) atoms. The lowest BCUT2D eigenvalue weighted by Gasteiger charge is -2.25. The second kappa shape index (κ2) is 9.41. The molecule has 0 fully saturated rings. The van der Waals surface area contributed by atoms with Crippen LogP contribution in [0.4, 0.5) is 0 Å². The summed E-state index contributed by atoms with van der Waals surface area (Å²) in [6, 6.07) is 31.7. The van der Waals surface area contributed by atoms with E-state index in [1.54, 1.807) is 0 Å². The highest BCUT2D eigenvalue weighted by Crippen LogP contribution is 2.15. The fourth-order valence-corrected chi connectivity index (χ4v) is 3.46. The average molecular weight is 350 g/mol. The number of hydrogen-bond acceptors (Lipinski definition) is 1. The van der Waals surface area contributed by atoms with E-state index in [2.05, 4.69) is 89.8 Å². The number of halogens is 1. The predicted octanol–water partition coefficient (Wildman–Crippen LogP) is 5.54. The van der Waals surface area contributed by atoms with Crippen LogP contribution in [0, 0.1) is 0 Å². The number of rotatable bonds is 8. The Morgan fingerprint density at radius 2 is 1.00 bits per heavy atom. The predicted molar refractivity (Wildman–Crippen MR) is 107 cm³/mol. The third-order valence-electron chi connectivity index (χ3n) is 4.25. The van der Waals surface area contributed by atoms with Crippen LogP contribution in [0.25, 0.3) is 0 Å².